The fourth-order valence-electron chi connectivity index (χ4n) is 2.22. The van der Waals surface area contributed by atoms with Gasteiger partial charge in [0.25, 0.3) is 0 Å². The highest BCUT2D eigenvalue weighted by molar-refractivity contribution is 8.00. The fourth-order valence-corrected chi connectivity index (χ4v) is 5.20. The zero-order valence-corrected chi connectivity index (χ0v) is 13.3. The number of rotatable bonds is 3. The molecule has 0 spiro atoms. The van der Waals surface area contributed by atoms with Crippen molar-refractivity contribution in [3.8, 4) is 0 Å². The van der Waals surface area contributed by atoms with Crippen LogP contribution in [0.1, 0.15) is 24.3 Å². The number of nitrogens with zero attached hydrogens (tertiary/aromatic N) is 2. The third-order valence-corrected chi connectivity index (χ3v) is 6.34. The molecule has 2 rings (SSSR count). The predicted molar refractivity (Wildman–Crippen MR) is 77.7 cm³/mol. The van der Waals surface area contributed by atoms with Crippen LogP contribution in [0.25, 0.3) is 0 Å². The van der Waals surface area contributed by atoms with Crippen LogP contribution >= 0.6 is 11.8 Å². The van der Waals surface area contributed by atoms with Crippen molar-refractivity contribution in [2.24, 2.45) is 7.05 Å². The van der Waals surface area contributed by atoms with E-state index in [1.54, 1.807) is 11.8 Å². The number of thioether (sulfide) groups is 1. The molecule has 0 aromatic carbocycles. The second-order valence-electron chi connectivity index (χ2n) is 5.42. The first-order valence-electron chi connectivity index (χ1n) is 6.17. The normalized spacial score (nSPS) is 19.9. The number of sulfonamides is 1. The maximum Gasteiger partial charge on any atom is 0.352 e. The van der Waals surface area contributed by atoms with Gasteiger partial charge in [0, 0.05) is 36.8 Å². The summed E-state index contributed by atoms with van der Waals surface area (Å²) in [5.41, 5.74) is -0.0331. The van der Waals surface area contributed by atoms with Crippen molar-refractivity contribution in [2.45, 2.75) is 23.5 Å². The smallest absolute Gasteiger partial charge is 0.352 e. The van der Waals surface area contributed by atoms with Crippen LogP contribution in [0.3, 0.4) is 0 Å². The molecule has 1 fully saturated rings. The number of aromatic nitrogens is 1. The minimum absolute atomic E-state index is 0.0331. The molecule has 1 aromatic rings. The maximum absolute atomic E-state index is 12.6. The lowest BCUT2D eigenvalue weighted by Gasteiger charge is -2.36. The Balaban J connectivity index is 2.35. The van der Waals surface area contributed by atoms with E-state index in [0.717, 1.165) is 5.75 Å². The minimum Gasteiger partial charge on any atom is -0.477 e. The molecule has 0 aliphatic carbocycles. The Morgan fingerprint density at radius 2 is 2.10 bits per heavy atom. The van der Waals surface area contributed by atoms with Gasteiger partial charge in [0.15, 0.2) is 0 Å². The lowest BCUT2D eigenvalue weighted by molar-refractivity contribution is 0.0686. The molecule has 1 aromatic heterocycles. The van der Waals surface area contributed by atoms with Crippen LogP contribution in [-0.2, 0) is 17.1 Å². The standard InChI is InChI=1S/C12H18N2O4S2/c1-12(2)8-14(4-5-19-12)20(17,18)9-6-10(11(15)16)13(3)7-9/h6-7H,4-5,8H2,1-3H3,(H,15,16). The van der Waals surface area contributed by atoms with E-state index in [2.05, 4.69) is 0 Å². The number of carboxylic acids is 1. The van der Waals surface area contributed by atoms with Crippen LogP contribution in [0.5, 0.6) is 0 Å². The Labute approximate surface area is 122 Å². The molecule has 112 valence electrons. The molecule has 0 amide bonds. The van der Waals surface area contributed by atoms with E-state index in [1.807, 2.05) is 13.8 Å². The van der Waals surface area contributed by atoms with Crippen LogP contribution in [0.15, 0.2) is 17.2 Å². The second-order valence-corrected chi connectivity index (χ2v) is 9.16. The van der Waals surface area contributed by atoms with Crippen molar-refractivity contribution in [2.75, 3.05) is 18.8 Å². The summed E-state index contributed by atoms with van der Waals surface area (Å²) in [6, 6.07) is 1.21. The summed E-state index contributed by atoms with van der Waals surface area (Å²) in [5.74, 6) is -0.395. The van der Waals surface area contributed by atoms with Crippen LogP contribution in [-0.4, -0.2) is 52.0 Å². The highest BCUT2D eigenvalue weighted by Crippen LogP contribution is 2.32. The first-order valence-corrected chi connectivity index (χ1v) is 8.60. The minimum atomic E-state index is -3.63. The first kappa shape index (κ1) is 15.4. The summed E-state index contributed by atoms with van der Waals surface area (Å²) in [6.07, 6.45) is 1.35. The van der Waals surface area contributed by atoms with Crippen molar-refractivity contribution in [3.63, 3.8) is 0 Å². The van der Waals surface area contributed by atoms with Crippen molar-refractivity contribution < 1.29 is 18.3 Å². The molecule has 2 heterocycles. The van der Waals surface area contributed by atoms with Crippen LogP contribution < -0.4 is 0 Å². The van der Waals surface area contributed by atoms with E-state index in [1.165, 1.54) is 28.2 Å². The van der Waals surface area contributed by atoms with Gasteiger partial charge in [0.05, 0.1) is 0 Å². The molecule has 8 heteroatoms. The quantitative estimate of drug-likeness (QED) is 0.907. The Morgan fingerprint density at radius 1 is 1.45 bits per heavy atom. The monoisotopic (exact) mass is 318 g/mol. The molecule has 6 nitrogen and oxygen atoms in total. The van der Waals surface area contributed by atoms with Gasteiger partial charge in [-0.2, -0.15) is 16.1 Å². The van der Waals surface area contributed by atoms with E-state index < -0.39 is 16.0 Å². The third kappa shape index (κ3) is 2.87. The second kappa shape index (κ2) is 5.09. The van der Waals surface area contributed by atoms with E-state index in [0.29, 0.717) is 13.1 Å². The molecule has 0 bridgehead atoms. The summed E-state index contributed by atoms with van der Waals surface area (Å²) in [7, 11) is -2.11. The maximum atomic E-state index is 12.6. The molecule has 0 radical (unpaired) electrons. The zero-order chi connectivity index (χ0) is 15.1. The van der Waals surface area contributed by atoms with Gasteiger partial charge in [0.2, 0.25) is 10.0 Å². The molecule has 1 aliphatic heterocycles. The number of carboxylic acid groups (broad SMARTS) is 1. The van der Waals surface area contributed by atoms with Crippen LogP contribution in [0.4, 0.5) is 0 Å². The molecular formula is C12H18N2O4S2. The van der Waals surface area contributed by atoms with E-state index in [4.69, 9.17) is 5.11 Å². The molecule has 0 saturated carbocycles. The average Bonchev–Trinajstić information content (AvgIpc) is 2.70. The number of aryl methyl sites for hydroxylation is 1. The largest absolute Gasteiger partial charge is 0.477 e. The van der Waals surface area contributed by atoms with Crippen molar-refractivity contribution in [3.05, 3.63) is 18.0 Å². The van der Waals surface area contributed by atoms with E-state index >= 15 is 0 Å². The van der Waals surface area contributed by atoms with Gasteiger partial charge in [0.1, 0.15) is 10.6 Å². The number of hydrogen-bond donors (Lipinski definition) is 1. The van der Waals surface area contributed by atoms with Crippen LogP contribution in [0, 0.1) is 0 Å². The summed E-state index contributed by atoms with van der Waals surface area (Å²) < 4.78 is 27.8. The van der Waals surface area contributed by atoms with Gasteiger partial charge in [-0.1, -0.05) is 0 Å². The summed E-state index contributed by atoms with van der Waals surface area (Å²) in [4.78, 5) is 11.1. The van der Waals surface area contributed by atoms with Crippen molar-refractivity contribution >= 4 is 27.8 Å². The van der Waals surface area contributed by atoms with Gasteiger partial charge in [-0.15, -0.1) is 0 Å². The molecule has 0 atom stereocenters. The molecule has 20 heavy (non-hydrogen) atoms. The Morgan fingerprint density at radius 3 is 2.60 bits per heavy atom. The van der Waals surface area contributed by atoms with Gasteiger partial charge in [-0.3, -0.25) is 0 Å². The topological polar surface area (TPSA) is 79.6 Å². The summed E-state index contributed by atoms with van der Waals surface area (Å²) in [5, 5.41) is 9.01. The number of carbonyl (C=O) groups is 1. The van der Waals surface area contributed by atoms with E-state index in [-0.39, 0.29) is 15.3 Å². The highest BCUT2D eigenvalue weighted by Gasteiger charge is 2.35. The van der Waals surface area contributed by atoms with Crippen molar-refractivity contribution in [1.29, 1.82) is 0 Å². The molecular weight excluding hydrogens is 300 g/mol. The molecule has 0 unspecified atom stereocenters. The Kier molecular flexibility index (Phi) is 3.92. The molecule has 1 saturated heterocycles. The van der Waals surface area contributed by atoms with Crippen LogP contribution in [0.2, 0.25) is 0 Å². The Bertz CT molecular complexity index is 634. The third-order valence-electron chi connectivity index (χ3n) is 3.23. The van der Waals surface area contributed by atoms with E-state index in [9.17, 15) is 13.2 Å². The average molecular weight is 318 g/mol. The summed E-state index contributed by atoms with van der Waals surface area (Å²) in [6.45, 7) is 4.89. The zero-order valence-electron chi connectivity index (χ0n) is 11.7. The Hall–Kier alpha value is -0.990. The van der Waals surface area contributed by atoms with Gasteiger partial charge < -0.3 is 9.67 Å². The number of hydrogen-bond acceptors (Lipinski definition) is 4. The molecule has 1 N–H and O–H groups in total. The molecule has 1 aliphatic rings. The van der Waals surface area contributed by atoms with Gasteiger partial charge in [-0.05, 0) is 19.9 Å². The predicted octanol–water partition coefficient (Wildman–Crippen LogP) is 1.24. The summed E-state index contributed by atoms with van der Waals surface area (Å²) >= 11 is 1.74. The van der Waals surface area contributed by atoms with Crippen molar-refractivity contribution in [1.82, 2.24) is 8.87 Å². The fraction of sp³-hybridized carbons (Fsp3) is 0.583. The highest BCUT2D eigenvalue weighted by atomic mass is 32.2. The SMILES string of the molecule is Cn1cc(S(=O)(=O)N2CCSC(C)(C)C2)cc1C(=O)O. The van der Waals surface area contributed by atoms with Gasteiger partial charge in [-0.25, -0.2) is 13.2 Å². The van der Waals surface area contributed by atoms with Gasteiger partial charge >= 0.3 is 5.97 Å². The lowest BCUT2D eigenvalue weighted by atomic mass is 10.2. The number of aromatic carboxylic acids is 1. The lowest BCUT2D eigenvalue weighted by Crippen LogP contribution is -2.45. The first-order chi connectivity index (χ1) is 9.13.